The van der Waals surface area contributed by atoms with Crippen LogP contribution in [0.4, 0.5) is 5.82 Å². The predicted octanol–water partition coefficient (Wildman–Crippen LogP) is 0.602. The van der Waals surface area contributed by atoms with E-state index < -0.39 is 6.04 Å². The molecule has 108 valence electrons. The van der Waals surface area contributed by atoms with Gasteiger partial charge in [-0.15, -0.1) is 0 Å². The van der Waals surface area contributed by atoms with Gasteiger partial charge in [-0.05, 0) is 6.92 Å². The van der Waals surface area contributed by atoms with Crippen molar-refractivity contribution < 1.29 is 14.3 Å². The number of hydrogen-bond donors (Lipinski definition) is 1. The minimum atomic E-state index is -0.516. The van der Waals surface area contributed by atoms with Crippen LogP contribution >= 0.6 is 11.6 Å². The first-order valence-corrected chi connectivity index (χ1v) is 6.60. The van der Waals surface area contributed by atoms with E-state index in [2.05, 4.69) is 15.3 Å². The topological polar surface area (TPSA) is 84.4 Å². The van der Waals surface area contributed by atoms with Crippen molar-refractivity contribution in [1.82, 2.24) is 14.9 Å². The predicted molar refractivity (Wildman–Crippen MR) is 72.9 cm³/mol. The van der Waals surface area contributed by atoms with Gasteiger partial charge in [0, 0.05) is 13.1 Å². The molecule has 1 N–H and O–H groups in total. The molecule has 0 saturated carbocycles. The van der Waals surface area contributed by atoms with E-state index in [9.17, 15) is 9.59 Å². The summed E-state index contributed by atoms with van der Waals surface area (Å²) in [6.45, 7) is 3.92. The Balaban J connectivity index is 2.07. The van der Waals surface area contributed by atoms with E-state index in [0.717, 1.165) is 0 Å². The summed E-state index contributed by atoms with van der Waals surface area (Å²) in [5.74, 6) is 0.189. The smallest absolute Gasteiger partial charge is 0.244 e. The molecule has 0 radical (unpaired) electrons. The summed E-state index contributed by atoms with van der Waals surface area (Å²) in [6, 6.07) is -0.516. The number of morpholine rings is 1. The lowest BCUT2D eigenvalue weighted by molar-refractivity contribution is -0.135. The first kappa shape index (κ1) is 14.7. The van der Waals surface area contributed by atoms with E-state index in [1.54, 1.807) is 11.8 Å². The maximum absolute atomic E-state index is 12.2. The average Bonchev–Trinajstić information content (AvgIpc) is 2.47. The van der Waals surface area contributed by atoms with Gasteiger partial charge in [-0.3, -0.25) is 9.59 Å². The Morgan fingerprint density at radius 2 is 2.20 bits per heavy atom. The van der Waals surface area contributed by atoms with E-state index in [1.165, 1.54) is 6.33 Å². The molecule has 1 aliphatic rings. The highest BCUT2D eigenvalue weighted by atomic mass is 35.5. The Kier molecular flexibility index (Phi) is 4.86. The molecule has 1 aromatic rings. The third-order valence-electron chi connectivity index (χ3n) is 3.00. The first-order chi connectivity index (χ1) is 9.63. The highest BCUT2D eigenvalue weighted by molar-refractivity contribution is 6.32. The molecule has 1 atom stereocenters. The number of carbonyl (C=O) groups excluding carboxylic acids is 2. The lowest BCUT2D eigenvalue weighted by Gasteiger charge is -2.29. The summed E-state index contributed by atoms with van der Waals surface area (Å²) in [7, 11) is 0. The highest BCUT2D eigenvalue weighted by Crippen LogP contribution is 2.18. The fourth-order valence-electron chi connectivity index (χ4n) is 1.92. The number of rotatable bonds is 4. The van der Waals surface area contributed by atoms with Gasteiger partial charge in [-0.2, -0.15) is 0 Å². The minimum Gasteiger partial charge on any atom is -0.378 e. The van der Waals surface area contributed by atoms with E-state index in [-0.39, 0.29) is 22.4 Å². The second-order valence-corrected chi connectivity index (χ2v) is 4.71. The molecular weight excluding hydrogens is 284 g/mol. The molecule has 2 heterocycles. The lowest BCUT2D eigenvalue weighted by Crippen LogP contribution is -2.47. The summed E-state index contributed by atoms with van der Waals surface area (Å²) in [5.41, 5.74) is 0.149. The standard InChI is InChI=1S/C12H15ClN4O3/c1-8(12(19)17-2-4-20-5-3-17)16-11-9(6-18)10(13)14-7-15-11/h6-8H,2-5H2,1H3,(H,14,15,16). The van der Waals surface area contributed by atoms with Crippen molar-refractivity contribution in [3.63, 3.8) is 0 Å². The molecule has 1 unspecified atom stereocenters. The van der Waals surface area contributed by atoms with E-state index in [1.807, 2.05) is 0 Å². The fourth-order valence-corrected chi connectivity index (χ4v) is 2.10. The second kappa shape index (κ2) is 6.62. The molecule has 1 saturated heterocycles. The number of aromatic nitrogens is 2. The molecule has 0 spiro atoms. The number of nitrogens with zero attached hydrogens (tertiary/aromatic N) is 3. The van der Waals surface area contributed by atoms with Gasteiger partial charge in [-0.25, -0.2) is 9.97 Å². The van der Waals surface area contributed by atoms with Crippen LogP contribution in [0.1, 0.15) is 17.3 Å². The summed E-state index contributed by atoms with van der Waals surface area (Å²) in [4.78, 5) is 32.6. The molecule has 2 rings (SSSR count). The Morgan fingerprint density at radius 1 is 1.50 bits per heavy atom. The zero-order chi connectivity index (χ0) is 14.5. The quantitative estimate of drug-likeness (QED) is 0.647. The summed E-state index contributed by atoms with van der Waals surface area (Å²) in [6.07, 6.45) is 1.81. The number of amides is 1. The van der Waals surface area contributed by atoms with Gasteiger partial charge < -0.3 is 15.0 Å². The van der Waals surface area contributed by atoms with Crippen LogP contribution in [0.3, 0.4) is 0 Å². The van der Waals surface area contributed by atoms with Gasteiger partial charge in [0.15, 0.2) is 6.29 Å². The number of hydrogen-bond acceptors (Lipinski definition) is 6. The fraction of sp³-hybridized carbons (Fsp3) is 0.500. The normalized spacial score (nSPS) is 16.6. The van der Waals surface area contributed by atoms with Crippen molar-refractivity contribution in [3.05, 3.63) is 17.0 Å². The molecule has 0 bridgehead atoms. The van der Waals surface area contributed by atoms with E-state index >= 15 is 0 Å². The van der Waals surface area contributed by atoms with Crippen molar-refractivity contribution in [2.45, 2.75) is 13.0 Å². The van der Waals surface area contributed by atoms with Crippen LogP contribution in [-0.4, -0.2) is 59.4 Å². The SMILES string of the molecule is CC(Nc1ncnc(Cl)c1C=O)C(=O)N1CCOCC1. The maximum Gasteiger partial charge on any atom is 0.244 e. The molecule has 20 heavy (non-hydrogen) atoms. The molecule has 8 heteroatoms. The van der Waals surface area contributed by atoms with Gasteiger partial charge in [0.1, 0.15) is 23.3 Å². The Hall–Kier alpha value is -1.73. The molecule has 0 aliphatic carbocycles. The van der Waals surface area contributed by atoms with Crippen LogP contribution in [0.2, 0.25) is 5.15 Å². The number of nitrogens with one attached hydrogen (secondary N) is 1. The average molecular weight is 299 g/mol. The zero-order valence-electron chi connectivity index (χ0n) is 11.0. The largest absolute Gasteiger partial charge is 0.378 e. The second-order valence-electron chi connectivity index (χ2n) is 4.35. The van der Waals surface area contributed by atoms with Gasteiger partial charge in [-0.1, -0.05) is 11.6 Å². The number of anilines is 1. The van der Waals surface area contributed by atoms with E-state index in [4.69, 9.17) is 16.3 Å². The highest BCUT2D eigenvalue weighted by Gasteiger charge is 2.23. The van der Waals surface area contributed by atoms with Gasteiger partial charge in [0.2, 0.25) is 5.91 Å². The Labute approximate surface area is 121 Å². The van der Waals surface area contributed by atoms with Crippen LogP contribution < -0.4 is 5.32 Å². The number of carbonyl (C=O) groups is 2. The van der Waals surface area contributed by atoms with Crippen molar-refractivity contribution in [1.29, 1.82) is 0 Å². The Morgan fingerprint density at radius 3 is 2.85 bits per heavy atom. The molecular formula is C12H15ClN4O3. The maximum atomic E-state index is 12.2. The van der Waals surface area contributed by atoms with E-state index in [0.29, 0.717) is 32.6 Å². The van der Waals surface area contributed by atoms with Crippen molar-refractivity contribution in [3.8, 4) is 0 Å². The zero-order valence-corrected chi connectivity index (χ0v) is 11.8. The van der Waals surface area contributed by atoms with Gasteiger partial charge in [0.05, 0.1) is 18.8 Å². The van der Waals surface area contributed by atoms with Crippen LogP contribution in [0.15, 0.2) is 6.33 Å². The van der Waals surface area contributed by atoms with Gasteiger partial charge in [0.25, 0.3) is 0 Å². The molecule has 1 aromatic heterocycles. The molecule has 1 fully saturated rings. The molecule has 0 aromatic carbocycles. The molecule has 7 nitrogen and oxygen atoms in total. The van der Waals surface area contributed by atoms with Crippen LogP contribution in [-0.2, 0) is 9.53 Å². The Bertz CT molecular complexity index is 505. The van der Waals surface area contributed by atoms with Crippen molar-refractivity contribution in [2.24, 2.45) is 0 Å². The minimum absolute atomic E-state index is 0.0588. The monoisotopic (exact) mass is 298 g/mol. The summed E-state index contributed by atoms with van der Waals surface area (Å²) < 4.78 is 5.20. The number of halogens is 1. The first-order valence-electron chi connectivity index (χ1n) is 6.22. The van der Waals surface area contributed by atoms with Gasteiger partial charge >= 0.3 is 0 Å². The number of ether oxygens (including phenoxy) is 1. The number of aldehydes is 1. The van der Waals surface area contributed by atoms with Crippen LogP contribution in [0.25, 0.3) is 0 Å². The van der Waals surface area contributed by atoms with Crippen LogP contribution in [0, 0.1) is 0 Å². The molecule has 1 aliphatic heterocycles. The third kappa shape index (κ3) is 3.23. The van der Waals surface area contributed by atoms with Crippen LogP contribution in [0.5, 0.6) is 0 Å². The lowest BCUT2D eigenvalue weighted by atomic mass is 10.2. The van der Waals surface area contributed by atoms with Crippen molar-refractivity contribution >= 4 is 29.6 Å². The van der Waals surface area contributed by atoms with Crippen molar-refractivity contribution in [2.75, 3.05) is 31.6 Å². The summed E-state index contributed by atoms with van der Waals surface area (Å²) in [5, 5.41) is 2.96. The molecule has 1 amide bonds. The summed E-state index contributed by atoms with van der Waals surface area (Å²) >= 11 is 5.81. The third-order valence-corrected chi connectivity index (χ3v) is 3.30.